The molecule has 2 aliphatic heterocycles. The molecule has 0 aliphatic carbocycles. The molecule has 8 nitrogen and oxygen atoms in total. The van der Waals surface area contributed by atoms with Crippen LogP contribution in [0.4, 0.5) is 0 Å². The molecule has 30 heavy (non-hydrogen) atoms. The van der Waals surface area contributed by atoms with Gasteiger partial charge >= 0.3 is 0 Å². The van der Waals surface area contributed by atoms with Crippen LogP contribution in [0.25, 0.3) is 0 Å². The molecule has 2 heterocycles. The predicted molar refractivity (Wildman–Crippen MR) is 127 cm³/mol. The number of hydrogen-bond acceptors (Lipinski definition) is 5. The molecule has 1 fully saturated rings. The van der Waals surface area contributed by atoms with Gasteiger partial charge in [0.1, 0.15) is 6.54 Å². The van der Waals surface area contributed by atoms with Gasteiger partial charge in [0.25, 0.3) is 0 Å². The van der Waals surface area contributed by atoms with Crippen LogP contribution in [-0.4, -0.2) is 82.3 Å². The van der Waals surface area contributed by atoms with Gasteiger partial charge in [0.05, 0.1) is 20.3 Å². The van der Waals surface area contributed by atoms with Crippen LogP contribution in [-0.2, 0) is 22.5 Å². The van der Waals surface area contributed by atoms with Crippen LogP contribution >= 0.6 is 24.0 Å². The normalized spacial score (nSPS) is 18.3. The molecule has 1 N–H and O–H groups in total. The van der Waals surface area contributed by atoms with E-state index in [0.717, 1.165) is 49.9 Å². The SMILES string of the molecule is COc1cc2c(cc1OC)CN(C(=NCC(=O)N(C)C)NCC1CCCO1)CC2.I. The number of nitrogens with one attached hydrogen (secondary N) is 1. The number of aliphatic imine (C=N–C) groups is 1. The molecular formula is C21H33IN4O4. The third-order valence-electron chi connectivity index (χ3n) is 5.39. The molecule has 1 aromatic rings. The van der Waals surface area contributed by atoms with Gasteiger partial charge in [-0.05, 0) is 42.5 Å². The van der Waals surface area contributed by atoms with Crippen molar-refractivity contribution in [3.05, 3.63) is 23.3 Å². The second kappa shape index (κ2) is 11.6. The first-order valence-corrected chi connectivity index (χ1v) is 10.1. The first-order valence-electron chi connectivity index (χ1n) is 10.1. The number of hydrogen-bond donors (Lipinski definition) is 1. The van der Waals surface area contributed by atoms with E-state index in [-0.39, 0.29) is 42.5 Å². The van der Waals surface area contributed by atoms with Crippen LogP contribution in [0.3, 0.4) is 0 Å². The minimum atomic E-state index is -0.0229. The summed E-state index contributed by atoms with van der Waals surface area (Å²) in [5, 5.41) is 3.43. The van der Waals surface area contributed by atoms with Crippen molar-refractivity contribution in [2.24, 2.45) is 4.99 Å². The lowest BCUT2D eigenvalue weighted by molar-refractivity contribution is -0.127. The number of nitrogens with zero attached hydrogens (tertiary/aromatic N) is 3. The maximum Gasteiger partial charge on any atom is 0.243 e. The average Bonchev–Trinajstić information content (AvgIpc) is 3.25. The summed E-state index contributed by atoms with van der Waals surface area (Å²) in [4.78, 5) is 20.4. The lowest BCUT2D eigenvalue weighted by atomic mass is 9.99. The van der Waals surface area contributed by atoms with Gasteiger partial charge in [-0.15, -0.1) is 24.0 Å². The van der Waals surface area contributed by atoms with Crippen molar-refractivity contribution >= 4 is 35.8 Å². The molecule has 1 amide bonds. The molecule has 0 bridgehead atoms. The largest absolute Gasteiger partial charge is 0.493 e. The highest BCUT2D eigenvalue weighted by Gasteiger charge is 2.23. The van der Waals surface area contributed by atoms with Gasteiger partial charge in [0, 0.05) is 40.3 Å². The molecule has 1 atom stereocenters. The van der Waals surface area contributed by atoms with E-state index < -0.39 is 0 Å². The zero-order valence-corrected chi connectivity index (χ0v) is 20.6. The molecule has 1 aromatic carbocycles. The summed E-state index contributed by atoms with van der Waals surface area (Å²) in [5.41, 5.74) is 2.43. The number of carbonyl (C=O) groups is 1. The number of rotatable bonds is 6. The second-order valence-electron chi connectivity index (χ2n) is 7.59. The van der Waals surface area contributed by atoms with E-state index in [1.165, 1.54) is 11.1 Å². The molecular weight excluding hydrogens is 499 g/mol. The third-order valence-corrected chi connectivity index (χ3v) is 5.39. The monoisotopic (exact) mass is 532 g/mol. The molecule has 168 valence electrons. The first-order chi connectivity index (χ1) is 14.0. The third kappa shape index (κ3) is 6.13. The van der Waals surface area contributed by atoms with Gasteiger partial charge in [0.15, 0.2) is 17.5 Å². The van der Waals surface area contributed by atoms with Gasteiger partial charge in [-0.1, -0.05) is 0 Å². The summed E-state index contributed by atoms with van der Waals surface area (Å²) in [6.07, 6.45) is 3.22. The fourth-order valence-electron chi connectivity index (χ4n) is 3.63. The minimum absolute atomic E-state index is 0. The fraction of sp³-hybridized carbons (Fsp3) is 0.619. The minimum Gasteiger partial charge on any atom is -0.493 e. The van der Waals surface area contributed by atoms with Gasteiger partial charge in [-0.25, -0.2) is 4.99 Å². The zero-order valence-electron chi connectivity index (χ0n) is 18.3. The summed E-state index contributed by atoms with van der Waals surface area (Å²) in [6, 6.07) is 4.08. The Labute approximate surface area is 196 Å². The maximum atomic E-state index is 12.1. The smallest absolute Gasteiger partial charge is 0.243 e. The lowest BCUT2D eigenvalue weighted by Gasteiger charge is -2.32. The van der Waals surface area contributed by atoms with E-state index in [0.29, 0.717) is 13.1 Å². The summed E-state index contributed by atoms with van der Waals surface area (Å²) in [5.74, 6) is 2.20. The highest BCUT2D eigenvalue weighted by atomic mass is 127. The van der Waals surface area contributed by atoms with Crippen molar-refractivity contribution in [3.63, 3.8) is 0 Å². The van der Waals surface area contributed by atoms with Crippen LogP contribution in [0.1, 0.15) is 24.0 Å². The molecule has 0 radical (unpaired) electrons. The highest BCUT2D eigenvalue weighted by molar-refractivity contribution is 14.0. The van der Waals surface area contributed by atoms with Crippen molar-refractivity contribution in [2.45, 2.75) is 31.9 Å². The van der Waals surface area contributed by atoms with Gasteiger partial charge in [-0.2, -0.15) is 0 Å². The standard InChI is InChI=1S/C21H32N4O4.HI/c1-24(2)20(26)13-23-21(22-12-17-6-5-9-29-17)25-8-7-15-10-18(27-3)19(28-4)11-16(15)14-25;/h10-11,17H,5-9,12-14H2,1-4H3,(H,22,23);1H. The Morgan fingerprint density at radius 2 is 1.97 bits per heavy atom. The van der Waals surface area contributed by atoms with Crippen LogP contribution in [0.5, 0.6) is 11.5 Å². The van der Waals surface area contributed by atoms with Crippen LogP contribution < -0.4 is 14.8 Å². The summed E-state index contributed by atoms with van der Waals surface area (Å²) >= 11 is 0. The highest BCUT2D eigenvalue weighted by Crippen LogP contribution is 2.33. The molecule has 9 heteroatoms. The first kappa shape index (κ1) is 24.5. The van der Waals surface area contributed by atoms with E-state index in [1.54, 1.807) is 33.2 Å². The van der Waals surface area contributed by atoms with Crippen LogP contribution in [0.2, 0.25) is 0 Å². The van der Waals surface area contributed by atoms with E-state index in [4.69, 9.17) is 14.2 Å². The summed E-state index contributed by atoms with van der Waals surface area (Å²) in [6.45, 7) is 3.15. The fourth-order valence-corrected chi connectivity index (χ4v) is 3.63. The Balaban J connectivity index is 0.00000320. The maximum absolute atomic E-state index is 12.1. The number of benzene rings is 1. The van der Waals surface area contributed by atoms with Crippen LogP contribution in [0, 0.1) is 0 Å². The Morgan fingerprint density at radius 3 is 2.57 bits per heavy atom. The average molecular weight is 532 g/mol. The zero-order chi connectivity index (χ0) is 20.8. The van der Waals surface area contributed by atoms with Gasteiger partial charge in [0.2, 0.25) is 5.91 Å². The Hall–Kier alpha value is -1.75. The number of carbonyl (C=O) groups excluding carboxylic acids is 1. The van der Waals surface area contributed by atoms with E-state index in [1.807, 2.05) is 6.07 Å². The van der Waals surface area contributed by atoms with Crippen molar-refractivity contribution in [2.75, 3.05) is 54.6 Å². The molecule has 2 aliphatic rings. The topological polar surface area (TPSA) is 75.6 Å². The van der Waals surface area contributed by atoms with E-state index >= 15 is 0 Å². The van der Waals surface area contributed by atoms with Crippen molar-refractivity contribution in [1.29, 1.82) is 0 Å². The number of amides is 1. The van der Waals surface area contributed by atoms with E-state index in [9.17, 15) is 4.79 Å². The molecule has 0 spiro atoms. The Bertz CT molecular complexity index is 751. The number of likely N-dealkylation sites (N-methyl/N-ethyl adjacent to an activating group) is 1. The van der Waals surface area contributed by atoms with Crippen molar-refractivity contribution in [1.82, 2.24) is 15.1 Å². The number of methoxy groups -OCH3 is 2. The lowest BCUT2D eigenvalue weighted by Crippen LogP contribution is -2.46. The van der Waals surface area contributed by atoms with Gasteiger partial charge < -0.3 is 29.3 Å². The number of fused-ring (bicyclic) bond motifs is 1. The van der Waals surface area contributed by atoms with E-state index in [2.05, 4.69) is 21.3 Å². The Morgan fingerprint density at radius 1 is 1.27 bits per heavy atom. The second-order valence-corrected chi connectivity index (χ2v) is 7.59. The molecule has 1 saturated heterocycles. The number of guanidine groups is 1. The summed E-state index contributed by atoms with van der Waals surface area (Å²) < 4.78 is 16.6. The van der Waals surface area contributed by atoms with Gasteiger partial charge in [-0.3, -0.25) is 4.79 Å². The molecule has 1 unspecified atom stereocenters. The van der Waals surface area contributed by atoms with Crippen molar-refractivity contribution < 1.29 is 19.0 Å². The number of ether oxygens (including phenoxy) is 3. The quantitative estimate of drug-likeness (QED) is 0.343. The Kier molecular flexibility index (Phi) is 9.47. The predicted octanol–water partition coefficient (Wildman–Crippen LogP) is 1.89. The van der Waals surface area contributed by atoms with Crippen LogP contribution in [0.15, 0.2) is 17.1 Å². The molecule has 0 aromatic heterocycles. The molecule has 3 rings (SSSR count). The molecule has 0 saturated carbocycles. The van der Waals surface area contributed by atoms with Crippen molar-refractivity contribution in [3.8, 4) is 11.5 Å². The number of halogens is 1. The summed E-state index contributed by atoms with van der Waals surface area (Å²) in [7, 11) is 6.79.